The quantitative estimate of drug-likeness (QED) is 0.627. The van der Waals surface area contributed by atoms with Crippen LogP contribution in [0.5, 0.6) is 0 Å². The number of fused-ring (bicyclic) bond motifs is 2. The highest BCUT2D eigenvalue weighted by molar-refractivity contribution is 5.75. The first kappa shape index (κ1) is 9.97. The van der Waals surface area contributed by atoms with E-state index >= 15 is 0 Å². The van der Waals surface area contributed by atoms with Crippen LogP contribution in [0.25, 0.3) is 0 Å². The van der Waals surface area contributed by atoms with Gasteiger partial charge in [-0.1, -0.05) is 6.92 Å². The number of likely N-dealkylation sites (tertiary alicyclic amines) is 1. The van der Waals surface area contributed by atoms with Crippen LogP contribution in [0.4, 0.5) is 0 Å². The number of nitrogens with zero attached hydrogens (tertiary/aromatic N) is 2. The van der Waals surface area contributed by atoms with Crippen molar-refractivity contribution in [2.45, 2.75) is 44.7 Å². The molecule has 0 aliphatic carbocycles. The summed E-state index contributed by atoms with van der Waals surface area (Å²) in [4.78, 5) is 16.1. The van der Waals surface area contributed by atoms with Crippen LogP contribution in [0.2, 0.25) is 0 Å². The van der Waals surface area contributed by atoms with Gasteiger partial charge in [-0.2, -0.15) is 0 Å². The third kappa shape index (κ3) is 1.65. The van der Waals surface area contributed by atoms with Gasteiger partial charge in [-0.05, 0) is 26.3 Å². The van der Waals surface area contributed by atoms with E-state index in [0.29, 0.717) is 18.4 Å². The first-order chi connectivity index (χ1) is 6.72. The largest absolute Gasteiger partial charge is 0.341 e. The molecular formula is C11H20N2O. The lowest BCUT2D eigenvalue weighted by Gasteiger charge is -2.25. The molecular weight excluding hydrogens is 176 g/mol. The van der Waals surface area contributed by atoms with Gasteiger partial charge >= 0.3 is 0 Å². The monoisotopic (exact) mass is 196 g/mol. The van der Waals surface area contributed by atoms with E-state index in [0.717, 1.165) is 19.1 Å². The average molecular weight is 196 g/mol. The molecule has 2 fully saturated rings. The van der Waals surface area contributed by atoms with Crippen molar-refractivity contribution in [3.8, 4) is 0 Å². The summed E-state index contributed by atoms with van der Waals surface area (Å²) in [6, 6.07) is 1.35. The van der Waals surface area contributed by atoms with Crippen molar-refractivity contribution in [1.29, 1.82) is 0 Å². The zero-order valence-corrected chi connectivity index (χ0v) is 9.20. The normalized spacial score (nSPS) is 33.1. The fraction of sp³-hybridized carbons (Fsp3) is 0.909. The first-order valence-corrected chi connectivity index (χ1v) is 5.72. The van der Waals surface area contributed by atoms with Crippen molar-refractivity contribution in [3.63, 3.8) is 0 Å². The van der Waals surface area contributed by atoms with E-state index in [9.17, 15) is 4.79 Å². The number of hydrogen-bond donors (Lipinski definition) is 0. The molecule has 0 aromatic carbocycles. The van der Waals surface area contributed by atoms with E-state index in [1.165, 1.54) is 19.3 Å². The van der Waals surface area contributed by atoms with Gasteiger partial charge < -0.3 is 4.90 Å². The van der Waals surface area contributed by atoms with E-state index in [-0.39, 0.29) is 0 Å². The Morgan fingerprint density at radius 2 is 2.00 bits per heavy atom. The Hall–Kier alpha value is -0.570. The lowest BCUT2D eigenvalue weighted by atomic mass is 10.1. The third-order valence-corrected chi connectivity index (χ3v) is 3.80. The van der Waals surface area contributed by atoms with E-state index in [1.54, 1.807) is 0 Å². The van der Waals surface area contributed by atoms with E-state index < -0.39 is 0 Å². The van der Waals surface area contributed by atoms with E-state index in [4.69, 9.17) is 0 Å². The Morgan fingerprint density at radius 3 is 2.71 bits per heavy atom. The molecule has 0 aromatic rings. The highest BCUT2D eigenvalue weighted by Gasteiger charge is 2.35. The summed E-state index contributed by atoms with van der Waals surface area (Å²) in [6.45, 7) is 3.88. The smallest absolute Gasteiger partial charge is 0.222 e. The molecule has 2 bridgehead atoms. The van der Waals surface area contributed by atoms with Gasteiger partial charge in [-0.25, -0.2) is 0 Å². The standard InChI is InChI=1S/C11H20N2O/c1-3-11(14)13-7-6-9-4-5-10(8-13)12(9)2/h9-10H,3-8H2,1-2H3. The molecule has 2 atom stereocenters. The number of amides is 1. The van der Waals surface area contributed by atoms with Crippen LogP contribution in [-0.2, 0) is 4.79 Å². The van der Waals surface area contributed by atoms with Gasteiger partial charge in [-0.3, -0.25) is 9.69 Å². The Bertz CT molecular complexity index is 229. The summed E-state index contributed by atoms with van der Waals surface area (Å²) in [5.74, 6) is 0.325. The molecule has 14 heavy (non-hydrogen) atoms. The number of carbonyl (C=O) groups is 1. The minimum atomic E-state index is 0.325. The van der Waals surface area contributed by atoms with Gasteiger partial charge in [0.2, 0.25) is 5.91 Å². The molecule has 3 nitrogen and oxygen atoms in total. The number of rotatable bonds is 1. The summed E-state index contributed by atoms with van der Waals surface area (Å²) in [6.07, 6.45) is 4.42. The molecule has 3 heteroatoms. The van der Waals surface area contributed by atoms with Crippen molar-refractivity contribution < 1.29 is 4.79 Å². The fourth-order valence-corrected chi connectivity index (χ4v) is 2.76. The first-order valence-electron chi connectivity index (χ1n) is 5.72. The number of likely N-dealkylation sites (N-methyl/N-ethyl adjacent to an activating group) is 1. The summed E-state index contributed by atoms with van der Waals surface area (Å²) in [5.41, 5.74) is 0. The molecule has 1 amide bonds. The van der Waals surface area contributed by atoms with Gasteiger partial charge in [0.05, 0.1) is 0 Å². The molecule has 2 saturated heterocycles. The maximum atomic E-state index is 11.6. The van der Waals surface area contributed by atoms with Crippen molar-refractivity contribution in [3.05, 3.63) is 0 Å². The summed E-state index contributed by atoms with van der Waals surface area (Å²) in [7, 11) is 2.21. The lowest BCUT2D eigenvalue weighted by molar-refractivity contribution is -0.131. The Labute approximate surface area is 86.1 Å². The number of carbonyl (C=O) groups excluding carboxylic acids is 1. The van der Waals surface area contributed by atoms with E-state index in [2.05, 4.69) is 16.8 Å². The second-order valence-electron chi connectivity index (χ2n) is 4.53. The highest BCUT2D eigenvalue weighted by Crippen LogP contribution is 2.28. The maximum Gasteiger partial charge on any atom is 0.222 e. The third-order valence-electron chi connectivity index (χ3n) is 3.80. The van der Waals surface area contributed by atoms with Gasteiger partial charge in [0.15, 0.2) is 0 Å². The highest BCUT2D eigenvalue weighted by atomic mass is 16.2. The lowest BCUT2D eigenvalue weighted by Crippen LogP contribution is -2.39. The van der Waals surface area contributed by atoms with Crippen LogP contribution >= 0.6 is 0 Å². The molecule has 2 rings (SSSR count). The van der Waals surface area contributed by atoms with Gasteiger partial charge in [0.1, 0.15) is 0 Å². The van der Waals surface area contributed by atoms with Gasteiger partial charge in [-0.15, -0.1) is 0 Å². The molecule has 2 unspecified atom stereocenters. The Kier molecular flexibility index (Phi) is 2.77. The molecule has 0 spiro atoms. The van der Waals surface area contributed by atoms with Crippen LogP contribution < -0.4 is 0 Å². The van der Waals surface area contributed by atoms with Gasteiger partial charge in [0.25, 0.3) is 0 Å². The van der Waals surface area contributed by atoms with Crippen molar-refractivity contribution in [2.75, 3.05) is 20.1 Å². The molecule has 2 aliphatic heterocycles. The topological polar surface area (TPSA) is 23.6 Å². The van der Waals surface area contributed by atoms with Crippen LogP contribution in [0.1, 0.15) is 32.6 Å². The summed E-state index contributed by atoms with van der Waals surface area (Å²) in [5, 5.41) is 0. The molecule has 0 N–H and O–H groups in total. The van der Waals surface area contributed by atoms with Crippen LogP contribution in [-0.4, -0.2) is 47.9 Å². The average Bonchev–Trinajstić information content (AvgIpc) is 2.40. The van der Waals surface area contributed by atoms with E-state index in [1.807, 2.05) is 6.92 Å². The maximum absolute atomic E-state index is 11.6. The predicted octanol–water partition coefficient (Wildman–Crippen LogP) is 1.09. The van der Waals surface area contributed by atoms with Crippen molar-refractivity contribution >= 4 is 5.91 Å². The van der Waals surface area contributed by atoms with Gasteiger partial charge in [0, 0.05) is 31.6 Å². The molecule has 0 aromatic heterocycles. The van der Waals surface area contributed by atoms with Crippen LogP contribution in [0, 0.1) is 0 Å². The van der Waals surface area contributed by atoms with Crippen molar-refractivity contribution in [1.82, 2.24) is 9.80 Å². The predicted molar refractivity (Wildman–Crippen MR) is 56.1 cm³/mol. The fourth-order valence-electron chi connectivity index (χ4n) is 2.76. The summed E-state index contributed by atoms with van der Waals surface area (Å²) >= 11 is 0. The second kappa shape index (κ2) is 3.89. The summed E-state index contributed by atoms with van der Waals surface area (Å²) < 4.78 is 0. The molecule has 80 valence electrons. The second-order valence-corrected chi connectivity index (χ2v) is 4.53. The minimum Gasteiger partial charge on any atom is -0.341 e. The molecule has 0 saturated carbocycles. The Balaban J connectivity index is 2.03. The molecule has 2 aliphatic rings. The zero-order valence-electron chi connectivity index (χ0n) is 9.20. The minimum absolute atomic E-state index is 0.325. The zero-order chi connectivity index (χ0) is 10.1. The van der Waals surface area contributed by atoms with Crippen LogP contribution in [0.3, 0.4) is 0 Å². The molecule has 0 radical (unpaired) electrons. The number of hydrogen-bond acceptors (Lipinski definition) is 2. The Morgan fingerprint density at radius 1 is 1.29 bits per heavy atom. The molecule has 2 heterocycles. The van der Waals surface area contributed by atoms with Crippen LogP contribution in [0.15, 0.2) is 0 Å². The SMILES string of the molecule is CCC(=O)N1CCC2CCC(C1)N2C. The van der Waals surface area contributed by atoms with Crippen molar-refractivity contribution in [2.24, 2.45) is 0 Å².